The molecule has 0 aliphatic rings. The van der Waals surface area contributed by atoms with Gasteiger partial charge in [0.1, 0.15) is 5.82 Å². The Morgan fingerprint density at radius 2 is 2.14 bits per heavy atom. The van der Waals surface area contributed by atoms with Crippen LogP contribution in [-0.2, 0) is 18.3 Å². The van der Waals surface area contributed by atoms with Gasteiger partial charge in [-0.05, 0) is 19.1 Å². The number of nitrogens with one attached hydrogen (secondary N) is 2. The molecular weight excluding hydrogens is 286 g/mol. The molecule has 2 N–H and O–H groups in total. The first-order valence-electron chi connectivity index (χ1n) is 6.58. The zero-order valence-corrected chi connectivity index (χ0v) is 12.6. The van der Waals surface area contributed by atoms with Crippen LogP contribution in [0.5, 0.6) is 0 Å². The average Bonchev–Trinajstić information content (AvgIpc) is 2.82. The van der Waals surface area contributed by atoms with Gasteiger partial charge < -0.3 is 15.4 Å². The van der Waals surface area contributed by atoms with E-state index in [9.17, 15) is 9.59 Å². The van der Waals surface area contributed by atoms with E-state index in [1.165, 1.54) is 13.3 Å². The number of methoxy groups -OCH3 is 1. The third-order valence-electron chi connectivity index (χ3n) is 2.92. The number of amides is 2. The predicted octanol–water partition coefficient (Wildman–Crippen LogP) is 1.23. The van der Waals surface area contributed by atoms with Crippen molar-refractivity contribution in [3.63, 3.8) is 0 Å². The zero-order chi connectivity index (χ0) is 16.1. The SMILES string of the molecule is COC(=O)NCc1cc(C(=O)Nc2cc(C)nn2C)ccn1. The number of aromatic nitrogens is 3. The maximum atomic E-state index is 12.2. The summed E-state index contributed by atoms with van der Waals surface area (Å²) in [6.45, 7) is 2.03. The molecule has 0 saturated carbocycles. The minimum atomic E-state index is -0.554. The van der Waals surface area contributed by atoms with E-state index in [0.29, 0.717) is 17.1 Å². The quantitative estimate of drug-likeness (QED) is 0.885. The highest BCUT2D eigenvalue weighted by Crippen LogP contribution is 2.11. The lowest BCUT2D eigenvalue weighted by Gasteiger charge is -2.07. The summed E-state index contributed by atoms with van der Waals surface area (Å²) in [5.74, 6) is 0.332. The molecule has 0 aliphatic carbocycles. The van der Waals surface area contributed by atoms with Crippen LogP contribution in [0, 0.1) is 6.92 Å². The van der Waals surface area contributed by atoms with Crippen LogP contribution in [0.1, 0.15) is 21.7 Å². The summed E-state index contributed by atoms with van der Waals surface area (Å²) in [5.41, 5.74) is 1.81. The van der Waals surface area contributed by atoms with Crippen molar-refractivity contribution in [2.75, 3.05) is 12.4 Å². The highest BCUT2D eigenvalue weighted by molar-refractivity contribution is 6.03. The van der Waals surface area contributed by atoms with E-state index in [1.54, 1.807) is 29.9 Å². The number of aryl methyl sites for hydroxylation is 2. The van der Waals surface area contributed by atoms with Gasteiger partial charge in [-0.15, -0.1) is 0 Å². The van der Waals surface area contributed by atoms with E-state index >= 15 is 0 Å². The molecule has 2 aromatic rings. The van der Waals surface area contributed by atoms with E-state index in [1.807, 2.05) is 6.92 Å². The zero-order valence-electron chi connectivity index (χ0n) is 12.6. The highest BCUT2D eigenvalue weighted by Gasteiger charge is 2.11. The van der Waals surface area contributed by atoms with Crippen molar-refractivity contribution < 1.29 is 14.3 Å². The van der Waals surface area contributed by atoms with E-state index in [-0.39, 0.29) is 12.5 Å². The van der Waals surface area contributed by atoms with Gasteiger partial charge in [0.15, 0.2) is 0 Å². The normalized spacial score (nSPS) is 10.1. The maximum absolute atomic E-state index is 12.2. The molecule has 0 atom stereocenters. The van der Waals surface area contributed by atoms with Crippen molar-refractivity contribution in [3.8, 4) is 0 Å². The molecule has 0 fully saturated rings. The number of nitrogens with zero attached hydrogens (tertiary/aromatic N) is 3. The van der Waals surface area contributed by atoms with Crippen molar-refractivity contribution in [1.29, 1.82) is 0 Å². The molecule has 0 aliphatic heterocycles. The lowest BCUT2D eigenvalue weighted by atomic mass is 10.2. The monoisotopic (exact) mass is 303 g/mol. The number of carbonyl (C=O) groups is 2. The number of anilines is 1. The van der Waals surface area contributed by atoms with E-state index < -0.39 is 6.09 Å². The van der Waals surface area contributed by atoms with E-state index in [4.69, 9.17) is 0 Å². The molecule has 22 heavy (non-hydrogen) atoms. The predicted molar refractivity (Wildman–Crippen MR) is 79.4 cm³/mol. The molecule has 0 saturated heterocycles. The minimum Gasteiger partial charge on any atom is -0.453 e. The molecule has 0 spiro atoms. The van der Waals surface area contributed by atoms with Crippen LogP contribution in [-0.4, -0.2) is 33.9 Å². The van der Waals surface area contributed by atoms with Crippen molar-refractivity contribution in [3.05, 3.63) is 41.3 Å². The summed E-state index contributed by atoms with van der Waals surface area (Å²) >= 11 is 0. The number of rotatable bonds is 4. The van der Waals surface area contributed by atoms with Crippen LogP contribution in [0.15, 0.2) is 24.4 Å². The van der Waals surface area contributed by atoms with Gasteiger partial charge in [-0.25, -0.2) is 4.79 Å². The molecule has 2 heterocycles. The second kappa shape index (κ2) is 6.70. The van der Waals surface area contributed by atoms with Crippen LogP contribution >= 0.6 is 0 Å². The van der Waals surface area contributed by atoms with Gasteiger partial charge in [0.25, 0.3) is 5.91 Å². The standard InChI is InChI=1S/C14H17N5O3/c1-9-6-12(19(2)18-9)17-13(20)10-4-5-15-11(7-10)8-16-14(21)22-3/h4-7H,8H2,1-3H3,(H,16,21)(H,17,20). The van der Waals surface area contributed by atoms with Crippen LogP contribution in [0.4, 0.5) is 10.6 Å². The van der Waals surface area contributed by atoms with Gasteiger partial charge >= 0.3 is 6.09 Å². The molecule has 0 bridgehead atoms. The summed E-state index contributed by atoms with van der Waals surface area (Å²) in [6.07, 6.45) is 0.958. The largest absolute Gasteiger partial charge is 0.453 e. The molecule has 0 unspecified atom stereocenters. The maximum Gasteiger partial charge on any atom is 0.407 e. The number of ether oxygens (including phenoxy) is 1. The molecule has 2 aromatic heterocycles. The summed E-state index contributed by atoms with van der Waals surface area (Å²) in [5, 5.41) is 9.44. The van der Waals surface area contributed by atoms with Crippen molar-refractivity contribution >= 4 is 17.8 Å². The summed E-state index contributed by atoms with van der Waals surface area (Å²) in [6, 6.07) is 4.98. The molecule has 2 rings (SSSR count). The number of hydrogen-bond donors (Lipinski definition) is 2. The lowest BCUT2D eigenvalue weighted by molar-refractivity contribution is 0.102. The van der Waals surface area contributed by atoms with Crippen molar-refractivity contribution in [1.82, 2.24) is 20.1 Å². The van der Waals surface area contributed by atoms with Gasteiger partial charge in [0.05, 0.1) is 25.0 Å². The first-order chi connectivity index (χ1) is 10.5. The average molecular weight is 303 g/mol. The van der Waals surface area contributed by atoms with Gasteiger partial charge in [0, 0.05) is 24.9 Å². The van der Waals surface area contributed by atoms with Crippen LogP contribution in [0.3, 0.4) is 0 Å². The Labute approximate surface area is 127 Å². The second-order valence-corrected chi connectivity index (χ2v) is 4.63. The molecule has 2 amide bonds. The molecule has 0 aromatic carbocycles. The van der Waals surface area contributed by atoms with Crippen LogP contribution < -0.4 is 10.6 Å². The summed E-state index contributed by atoms with van der Waals surface area (Å²) in [7, 11) is 3.03. The van der Waals surface area contributed by atoms with Crippen LogP contribution in [0.25, 0.3) is 0 Å². The Hall–Kier alpha value is -2.90. The van der Waals surface area contributed by atoms with E-state index in [2.05, 4.69) is 25.5 Å². The third-order valence-corrected chi connectivity index (χ3v) is 2.92. The topological polar surface area (TPSA) is 98.1 Å². The Bertz CT molecular complexity index is 696. The summed E-state index contributed by atoms with van der Waals surface area (Å²) < 4.78 is 6.07. The second-order valence-electron chi connectivity index (χ2n) is 4.63. The Kier molecular flexibility index (Phi) is 4.72. The number of pyridine rings is 1. The molecular formula is C14H17N5O3. The number of alkyl carbamates (subject to hydrolysis) is 1. The van der Waals surface area contributed by atoms with Crippen molar-refractivity contribution in [2.24, 2.45) is 7.05 Å². The number of hydrogen-bond acceptors (Lipinski definition) is 5. The third kappa shape index (κ3) is 3.81. The molecule has 8 nitrogen and oxygen atoms in total. The van der Waals surface area contributed by atoms with Gasteiger partial charge in [-0.2, -0.15) is 5.10 Å². The van der Waals surface area contributed by atoms with E-state index in [0.717, 1.165) is 5.69 Å². The Balaban J connectivity index is 2.06. The Morgan fingerprint density at radius 1 is 1.36 bits per heavy atom. The number of carbonyl (C=O) groups excluding carboxylic acids is 2. The fourth-order valence-electron chi connectivity index (χ4n) is 1.87. The Morgan fingerprint density at radius 3 is 2.77 bits per heavy atom. The summed E-state index contributed by atoms with van der Waals surface area (Å²) in [4.78, 5) is 27.4. The first-order valence-corrected chi connectivity index (χ1v) is 6.58. The lowest BCUT2D eigenvalue weighted by Crippen LogP contribution is -2.23. The molecule has 0 radical (unpaired) electrons. The van der Waals surface area contributed by atoms with Crippen LogP contribution in [0.2, 0.25) is 0 Å². The smallest absolute Gasteiger partial charge is 0.407 e. The first kappa shape index (κ1) is 15.5. The van der Waals surface area contributed by atoms with Gasteiger partial charge in [0.2, 0.25) is 0 Å². The minimum absolute atomic E-state index is 0.179. The highest BCUT2D eigenvalue weighted by atomic mass is 16.5. The fraction of sp³-hybridized carbons (Fsp3) is 0.286. The molecule has 8 heteroatoms. The van der Waals surface area contributed by atoms with Crippen molar-refractivity contribution in [2.45, 2.75) is 13.5 Å². The fourth-order valence-corrected chi connectivity index (χ4v) is 1.87. The van der Waals surface area contributed by atoms with Gasteiger partial charge in [-0.3, -0.25) is 14.5 Å². The molecule has 116 valence electrons. The van der Waals surface area contributed by atoms with Gasteiger partial charge in [-0.1, -0.05) is 0 Å².